The van der Waals surface area contributed by atoms with Gasteiger partial charge in [-0.15, -0.1) is 23.2 Å². The predicted octanol–water partition coefficient (Wildman–Crippen LogP) is 4.14. The number of halogens is 3. The number of phenolic OH excluding ortho intramolecular Hbond substituents is 1. The fourth-order valence-corrected chi connectivity index (χ4v) is 9.15. The Morgan fingerprint density at radius 1 is 0.930 bits per heavy atom. The summed E-state index contributed by atoms with van der Waals surface area (Å²) in [6, 6.07) is 13.7. The second kappa shape index (κ2) is 10.3. The maximum Gasteiger partial charge on any atom is 0.254 e. The number of phenols is 1. The molecule has 5 aliphatic rings. The van der Waals surface area contributed by atoms with Gasteiger partial charge in [0.25, 0.3) is 11.8 Å². The molecule has 2 aromatic rings. The lowest BCUT2D eigenvalue weighted by Crippen LogP contribution is -2.60. The summed E-state index contributed by atoms with van der Waals surface area (Å²) in [6.45, 7) is 2.80. The first-order chi connectivity index (χ1) is 20.6. The number of hydrogen-bond donors (Lipinski definition) is 1. The van der Waals surface area contributed by atoms with Gasteiger partial charge in [-0.25, -0.2) is 0 Å². The lowest BCUT2D eigenvalue weighted by molar-refractivity contribution is -0.138. The number of fused-ring (bicyclic) bond motifs is 4. The Kier molecular flexibility index (Phi) is 6.92. The maximum atomic E-state index is 14.2. The van der Waals surface area contributed by atoms with Crippen LogP contribution in [-0.4, -0.2) is 75.1 Å². The van der Waals surface area contributed by atoms with Crippen molar-refractivity contribution in [2.24, 2.45) is 17.8 Å². The third-order valence-electron chi connectivity index (χ3n) is 9.70. The predicted molar refractivity (Wildman–Crippen MR) is 163 cm³/mol. The molecule has 2 aromatic carbocycles. The third kappa shape index (κ3) is 3.99. The number of imide groups is 2. The van der Waals surface area contributed by atoms with Crippen molar-refractivity contribution >= 4 is 74.1 Å². The minimum absolute atomic E-state index is 0.0395. The molecule has 2 aliphatic carbocycles. The average molecular weight is 689 g/mol. The number of amides is 4. The number of aromatic hydroxyl groups is 1. The van der Waals surface area contributed by atoms with Crippen LogP contribution in [0.3, 0.4) is 0 Å². The number of alkyl halides is 3. The van der Waals surface area contributed by atoms with Gasteiger partial charge in [-0.05, 0) is 60.7 Å². The van der Waals surface area contributed by atoms with Crippen molar-refractivity contribution in [3.63, 3.8) is 0 Å². The van der Waals surface area contributed by atoms with E-state index in [4.69, 9.17) is 27.9 Å². The molecule has 6 atom stereocenters. The Morgan fingerprint density at radius 3 is 2.30 bits per heavy atom. The Hall–Kier alpha value is -2.92. The molecule has 1 N–H and O–H groups in total. The smallest absolute Gasteiger partial charge is 0.254 e. The number of likely N-dealkylation sites (tertiary alicyclic amines) is 1. The van der Waals surface area contributed by atoms with E-state index in [9.17, 15) is 24.3 Å². The van der Waals surface area contributed by atoms with Gasteiger partial charge in [0.05, 0.1) is 36.2 Å². The number of rotatable bonds is 4. The summed E-state index contributed by atoms with van der Waals surface area (Å²) >= 11 is 17.7. The Bertz CT molecular complexity index is 1580. The number of allylic oxidation sites excluding steroid dienone is 2. The maximum absolute atomic E-state index is 14.2. The Morgan fingerprint density at radius 2 is 1.63 bits per heavy atom. The molecule has 0 spiro atoms. The second-order valence-electron chi connectivity index (χ2n) is 11.7. The molecule has 0 aromatic heterocycles. The zero-order valence-corrected chi connectivity index (χ0v) is 26.0. The van der Waals surface area contributed by atoms with Crippen molar-refractivity contribution in [3.8, 4) is 5.75 Å². The van der Waals surface area contributed by atoms with E-state index in [1.54, 1.807) is 24.3 Å². The molecule has 7 rings (SSSR count). The summed E-state index contributed by atoms with van der Waals surface area (Å²) in [5.74, 6) is -4.98. The summed E-state index contributed by atoms with van der Waals surface area (Å²) in [5.41, 5.74) is 2.55. The summed E-state index contributed by atoms with van der Waals surface area (Å²) in [5, 5.41) is 10.4. The van der Waals surface area contributed by atoms with Crippen LogP contribution in [0.1, 0.15) is 24.3 Å². The number of carbonyl (C=O) groups excluding carboxylic acids is 4. The van der Waals surface area contributed by atoms with Gasteiger partial charge >= 0.3 is 0 Å². The topological polar surface area (TPSA) is 107 Å². The van der Waals surface area contributed by atoms with Crippen molar-refractivity contribution in [2.45, 2.75) is 28.5 Å². The number of hydrogen-bond acceptors (Lipinski definition) is 7. The largest absolute Gasteiger partial charge is 0.508 e. The number of nitrogens with zero attached hydrogens (tertiary/aromatic N) is 3. The quantitative estimate of drug-likeness (QED) is 0.223. The SMILES string of the molecule is O=C1C2CC=C3C(CC4(Cl)C(=O)N(CBr)C(=O)C4(Cl)C3c3cccc(O)c3)C2C(=O)N1c1ccc(N2CCOCC2)cc1. The molecule has 4 fully saturated rings. The summed E-state index contributed by atoms with van der Waals surface area (Å²) in [6.07, 6.45) is 2.06. The standard InChI is InChI=1S/C31H28BrCl2N3O6/c32-16-36-28(41)30(33)15-23-21(25(31(30,34)29(36)42)17-2-1-3-20(38)14-17)8-9-22-24(23)27(40)37(26(22)39)19-6-4-18(5-7-19)35-10-12-43-13-11-35/h1-8,14,22-25,38H,9-13,15-16H2. The highest BCUT2D eigenvalue weighted by Gasteiger charge is 2.76. The van der Waals surface area contributed by atoms with Crippen molar-refractivity contribution < 1.29 is 29.0 Å². The fraction of sp³-hybridized carbons (Fsp3) is 0.419. The van der Waals surface area contributed by atoms with Crippen LogP contribution in [0.15, 0.2) is 60.2 Å². The van der Waals surface area contributed by atoms with Crippen LogP contribution >= 0.6 is 39.1 Å². The summed E-state index contributed by atoms with van der Waals surface area (Å²) < 4.78 is 5.44. The van der Waals surface area contributed by atoms with Gasteiger partial charge in [0.2, 0.25) is 11.8 Å². The molecule has 1 saturated carbocycles. The normalized spacial score (nSPS) is 33.8. The van der Waals surface area contributed by atoms with Gasteiger partial charge in [0.15, 0.2) is 9.75 Å². The zero-order valence-electron chi connectivity index (χ0n) is 22.9. The first-order valence-electron chi connectivity index (χ1n) is 14.2. The number of benzene rings is 2. The monoisotopic (exact) mass is 687 g/mol. The molecule has 224 valence electrons. The molecule has 43 heavy (non-hydrogen) atoms. The van der Waals surface area contributed by atoms with Gasteiger partial charge in [-0.1, -0.05) is 39.7 Å². The van der Waals surface area contributed by atoms with Gasteiger partial charge in [-0.2, -0.15) is 0 Å². The highest BCUT2D eigenvalue weighted by Crippen LogP contribution is 2.65. The van der Waals surface area contributed by atoms with E-state index in [0.29, 0.717) is 30.0 Å². The third-order valence-corrected chi connectivity index (χ3v) is 11.6. The molecule has 0 radical (unpaired) electrons. The molecule has 3 saturated heterocycles. The van der Waals surface area contributed by atoms with Crippen molar-refractivity contribution in [1.82, 2.24) is 4.90 Å². The highest BCUT2D eigenvalue weighted by molar-refractivity contribution is 9.09. The molecule has 9 nitrogen and oxygen atoms in total. The molecular weight excluding hydrogens is 661 g/mol. The van der Waals surface area contributed by atoms with Crippen molar-refractivity contribution in [3.05, 3.63) is 65.7 Å². The molecule has 3 heterocycles. The first kappa shape index (κ1) is 28.8. The van der Waals surface area contributed by atoms with E-state index < -0.39 is 45.2 Å². The van der Waals surface area contributed by atoms with Gasteiger partial charge < -0.3 is 14.7 Å². The molecular formula is C31H28BrCl2N3O6. The molecule has 12 heteroatoms. The highest BCUT2D eigenvalue weighted by atomic mass is 79.9. The van der Waals surface area contributed by atoms with Crippen LogP contribution < -0.4 is 9.80 Å². The average Bonchev–Trinajstić information content (AvgIpc) is 3.35. The van der Waals surface area contributed by atoms with E-state index in [0.717, 1.165) is 23.7 Å². The van der Waals surface area contributed by atoms with Crippen LogP contribution in [0, 0.1) is 17.8 Å². The van der Waals surface area contributed by atoms with Crippen LogP contribution in [0.25, 0.3) is 0 Å². The molecule has 4 amide bonds. The fourth-order valence-electron chi connectivity index (χ4n) is 7.72. The van der Waals surface area contributed by atoms with Crippen LogP contribution in [0.2, 0.25) is 0 Å². The lowest BCUT2D eigenvalue weighted by Gasteiger charge is -2.50. The van der Waals surface area contributed by atoms with Gasteiger partial charge in [0.1, 0.15) is 5.75 Å². The number of anilines is 2. The van der Waals surface area contributed by atoms with Crippen molar-refractivity contribution in [1.29, 1.82) is 0 Å². The Balaban J connectivity index is 1.29. The van der Waals surface area contributed by atoms with E-state index in [2.05, 4.69) is 20.8 Å². The second-order valence-corrected chi connectivity index (χ2v) is 13.5. The zero-order chi connectivity index (χ0) is 30.3. The molecule has 3 aliphatic heterocycles. The number of morpholine rings is 1. The van der Waals surface area contributed by atoms with Crippen LogP contribution in [-0.2, 0) is 23.9 Å². The minimum Gasteiger partial charge on any atom is -0.508 e. The van der Waals surface area contributed by atoms with Gasteiger partial charge in [0, 0.05) is 24.7 Å². The Labute approximate surface area is 266 Å². The summed E-state index contributed by atoms with van der Waals surface area (Å²) in [7, 11) is 0. The molecule has 0 bridgehead atoms. The van der Waals surface area contributed by atoms with E-state index in [1.165, 1.54) is 17.0 Å². The van der Waals surface area contributed by atoms with Crippen LogP contribution in [0.5, 0.6) is 5.75 Å². The number of carbonyl (C=O) groups is 4. The van der Waals surface area contributed by atoms with Crippen molar-refractivity contribution in [2.75, 3.05) is 41.6 Å². The van der Waals surface area contributed by atoms with Crippen LogP contribution in [0.4, 0.5) is 11.4 Å². The number of ether oxygens (including phenoxy) is 1. The lowest BCUT2D eigenvalue weighted by atomic mass is 9.56. The minimum atomic E-state index is -1.90. The molecule has 6 unspecified atom stereocenters. The van der Waals surface area contributed by atoms with Gasteiger partial charge in [-0.3, -0.25) is 29.0 Å². The van der Waals surface area contributed by atoms with E-state index in [-0.39, 0.29) is 35.9 Å². The first-order valence-corrected chi connectivity index (χ1v) is 16.1. The van der Waals surface area contributed by atoms with E-state index in [1.807, 2.05) is 18.2 Å². The van der Waals surface area contributed by atoms with E-state index >= 15 is 0 Å². The summed E-state index contributed by atoms with van der Waals surface area (Å²) in [4.78, 5) is 56.2.